The number of carbonyl (C=O) groups excluding carboxylic acids is 1. The van der Waals surface area contributed by atoms with Gasteiger partial charge in [-0.15, -0.1) is 0 Å². The van der Waals surface area contributed by atoms with Gasteiger partial charge in [-0.05, 0) is 42.8 Å². The number of nitrogens with zero attached hydrogens (tertiary/aromatic N) is 2. The summed E-state index contributed by atoms with van der Waals surface area (Å²) in [6.45, 7) is 2.37. The average molecular weight is 487 g/mol. The number of para-hydroxylation sites is 1. The fourth-order valence-corrected chi connectivity index (χ4v) is 6.46. The van der Waals surface area contributed by atoms with Crippen LogP contribution in [0.3, 0.4) is 0 Å². The lowest BCUT2D eigenvalue weighted by Crippen LogP contribution is -2.55. The van der Waals surface area contributed by atoms with E-state index in [1.807, 2.05) is 0 Å². The van der Waals surface area contributed by atoms with Gasteiger partial charge in [0.2, 0.25) is 10.0 Å². The Morgan fingerprint density at radius 2 is 1.79 bits per heavy atom. The van der Waals surface area contributed by atoms with Gasteiger partial charge < -0.3 is 14.1 Å². The number of amides is 1. The van der Waals surface area contributed by atoms with Crippen LogP contribution in [-0.2, 0) is 14.8 Å². The predicted octanol–water partition coefficient (Wildman–Crippen LogP) is 2.89. The molecule has 34 heavy (non-hydrogen) atoms. The molecule has 0 saturated carbocycles. The van der Waals surface area contributed by atoms with Gasteiger partial charge >= 0.3 is 0 Å². The van der Waals surface area contributed by atoms with E-state index in [0.29, 0.717) is 11.0 Å². The molecular formula is C24H23FN2O6S. The number of hydrogen-bond donors (Lipinski definition) is 0. The molecule has 178 valence electrons. The standard InChI is InChI=1S/C24H23FN2O6S/c1-16-14-17(6-7-19(16)25)34(30,31)27-12-13-32-24(27)8-10-26(11-9-24)23(29)22-15-20(28)18-4-2-3-5-21(18)33-22/h2-7,14-15H,8-13H2,1H3. The first kappa shape index (κ1) is 22.7. The molecule has 2 aliphatic heterocycles. The fourth-order valence-electron chi connectivity index (χ4n) is 4.66. The van der Waals surface area contributed by atoms with Gasteiger partial charge in [0.25, 0.3) is 5.91 Å². The van der Waals surface area contributed by atoms with Crippen LogP contribution >= 0.6 is 0 Å². The third-order valence-corrected chi connectivity index (χ3v) is 8.46. The minimum absolute atomic E-state index is 0.00715. The summed E-state index contributed by atoms with van der Waals surface area (Å²) in [5.74, 6) is -0.962. The maximum absolute atomic E-state index is 13.7. The molecule has 8 nitrogen and oxygen atoms in total. The van der Waals surface area contributed by atoms with Crippen molar-refractivity contribution in [2.75, 3.05) is 26.2 Å². The van der Waals surface area contributed by atoms with Crippen molar-refractivity contribution in [3.05, 3.63) is 75.9 Å². The monoisotopic (exact) mass is 486 g/mol. The maximum Gasteiger partial charge on any atom is 0.289 e. The van der Waals surface area contributed by atoms with Crippen molar-refractivity contribution in [2.24, 2.45) is 0 Å². The van der Waals surface area contributed by atoms with Crippen molar-refractivity contribution in [2.45, 2.75) is 30.4 Å². The van der Waals surface area contributed by atoms with Crippen LogP contribution < -0.4 is 5.43 Å². The number of rotatable bonds is 3. The van der Waals surface area contributed by atoms with Crippen molar-refractivity contribution in [3.8, 4) is 0 Å². The molecule has 1 spiro atoms. The molecular weight excluding hydrogens is 463 g/mol. The molecule has 2 fully saturated rings. The summed E-state index contributed by atoms with van der Waals surface area (Å²) < 4.78 is 53.3. The second kappa shape index (κ2) is 8.30. The third kappa shape index (κ3) is 3.71. The summed E-state index contributed by atoms with van der Waals surface area (Å²) in [4.78, 5) is 27.0. The van der Waals surface area contributed by atoms with E-state index in [1.54, 1.807) is 24.3 Å². The Kier molecular flexibility index (Phi) is 5.54. The van der Waals surface area contributed by atoms with Crippen LogP contribution in [0.15, 0.2) is 62.6 Å². The summed E-state index contributed by atoms with van der Waals surface area (Å²) >= 11 is 0. The highest BCUT2D eigenvalue weighted by Crippen LogP contribution is 2.38. The summed E-state index contributed by atoms with van der Waals surface area (Å²) in [7, 11) is -3.93. The highest BCUT2D eigenvalue weighted by Gasteiger charge is 2.51. The maximum atomic E-state index is 13.7. The highest BCUT2D eigenvalue weighted by molar-refractivity contribution is 7.89. The average Bonchev–Trinajstić information content (AvgIpc) is 3.24. The Bertz CT molecular complexity index is 1440. The first-order chi connectivity index (χ1) is 16.2. The molecule has 10 heteroatoms. The fraction of sp³-hybridized carbons (Fsp3) is 0.333. The number of carbonyl (C=O) groups is 1. The topological polar surface area (TPSA) is 97.1 Å². The van der Waals surface area contributed by atoms with Crippen molar-refractivity contribution in [1.29, 1.82) is 0 Å². The second-order valence-electron chi connectivity index (χ2n) is 8.55. The Balaban J connectivity index is 1.37. The number of ether oxygens (including phenoxy) is 1. The number of halogens is 1. The van der Waals surface area contributed by atoms with Gasteiger partial charge in [0.15, 0.2) is 11.2 Å². The van der Waals surface area contributed by atoms with Gasteiger partial charge in [0, 0.05) is 38.5 Å². The van der Waals surface area contributed by atoms with Gasteiger partial charge in [-0.2, -0.15) is 4.31 Å². The summed E-state index contributed by atoms with van der Waals surface area (Å²) in [5.41, 5.74) is -0.808. The quantitative estimate of drug-likeness (QED) is 0.565. The van der Waals surface area contributed by atoms with Gasteiger partial charge in [-0.1, -0.05) is 12.1 Å². The number of aryl methyl sites for hydroxylation is 1. The zero-order chi connectivity index (χ0) is 24.1. The van der Waals surface area contributed by atoms with E-state index in [1.165, 1.54) is 34.3 Å². The molecule has 0 unspecified atom stereocenters. The van der Waals surface area contributed by atoms with Crippen molar-refractivity contribution in [3.63, 3.8) is 0 Å². The Morgan fingerprint density at radius 1 is 1.06 bits per heavy atom. The highest BCUT2D eigenvalue weighted by atomic mass is 32.2. The van der Waals surface area contributed by atoms with E-state index in [-0.39, 0.29) is 60.7 Å². The number of likely N-dealkylation sites (tertiary alicyclic amines) is 1. The smallest absolute Gasteiger partial charge is 0.289 e. The molecule has 0 radical (unpaired) electrons. The normalized spacial score (nSPS) is 18.6. The van der Waals surface area contributed by atoms with E-state index in [0.717, 1.165) is 6.07 Å². The van der Waals surface area contributed by atoms with Crippen LogP contribution in [0.2, 0.25) is 0 Å². The first-order valence-corrected chi connectivity index (χ1v) is 12.4. The lowest BCUT2D eigenvalue weighted by atomic mass is 10.0. The van der Waals surface area contributed by atoms with Gasteiger partial charge in [-0.3, -0.25) is 9.59 Å². The molecule has 0 aliphatic carbocycles. The zero-order valence-corrected chi connectivity index (χ0v) is 19.3. The van der Waals surface area contributed by atoms with Crippen LogP contribution in [0.5, 0.6) is 0 Å². The van der Waals surface area contributed by atoms with Crippen LogP contribution in [0.25, 0.3) is 11.0 Å². The minimum atomic E-state index is -3.93. The molecule has 0 atom stereocenters. The summed E-state index contributed by atoms with van der Waals surface area (Å²) in [6.07, 6.45) is 0.520. The molecule has 2 aromatic carbocycles. The number of fused-ring (bicyclic) bond motifs is 1. The van der Waals surface area contributed by atoms with E-state index in [2.05, 4.69) is 0 Å². The summed E-state index contributed by atoms with van der Waals surface area (Å²) in [6, 6.07) is 11.6. The van der Waals surface area contributed by atoms with Gasteiger partial charge in [-0.25, -0.2) is 12.8 Å². The number of hydrogen-bond acceptors (Lipinski definition) is 6. The lowest BCUT2D eigenvalue weighted by molar-refractivity contribution is -0.0859. The van der Waals surface area contributed by atoms with Crippen molar-refractivity contribution >= 4 is 26.9 Å². The van der Waals surface area contributed by atoms with Gasteiger partial charge in [0.05, 0.1) is 16.9 Å². The van der Waals surface area contributed by atoms with Crippen LogP contribution in [-0.4, -0.2) is 55.5 Å². The minimum Gasteiger partial charge on any atom is -0.451 e. The Morgan fingerprint density at radius 3 is 2.53 bits per heavy atom. The Hall–Kier alpha value is -3.08. The van der Waals surface area contributed by atoms with E-state index in [4.69, 9.17) is 9.15 Å². The second-order valence-corrected chi connectivity index (χ2v) is 10.4. The summed E-state index contributed by atoms with van der Waals surface area (Å²) in [5, 5.41) is 0.396. The SMILES string of the molecule is Cc1cc(S(=O)(=O)N2CCOC23CCN(C(=O)c2cc(=O)c4ccccc4o2)CC3)ccc1F. The van der Waals surface area contributed by atoms with E-state index in [9.17, 15) is 22.4 Å². The molecule has 5 rings (SSSR count). The zero-order valence-electron chi connectivity index (χ0n) is 18.5. The largest absolute Gasteiger partial charge is 0.451 e. The molecule has 3 aromatic rings. The third-order valence-electron chi connectivity index (χ3n) is 6.51. The first-order valence-electron chi connectivity index (χ1n) is 11.0. The molecule has 2 saturated heterocycles. The molecule has 0 N–H and O–H groups in total. The van der Waals surface area contributed by atoms with Crippen LogP contribution in [0, 0.1) is 12.7 Å². The molecule has 2 aliphatic rings. The number of piperidine rings is 1. The molecule has 3 heterocycles. The predicted molar refractivity (Wildman–Crippen MR) is 121 cm³/mol. The van der Waals surface area contributed by atoms with Gasteiger partial charge in [0.1, 0.15) is 17.1 Å². The van der Waals surface area contributed by atoms with Crippen LogP contribution in [0.4, 0.5) is 4.39 Å². The Labute approximate surface area is 195 Å². The van der Waals surface area contributed by atoms with Crippen molar-refractivity contribution < 1.29 is 26.8 Å². The lowest BCUT2D eigenvalue weighted by Gasteiger charge is -2.42. The van der Waals surface area contributed by atoms with Crippen LogP contribution in [0.1, 0.15) is 29.0 Å². The van der Waals surface area contributed by atoms with E-state index < -0.39 is 27.5 Å². The number of sulfonamides is 1. The number of benzene rings is 2. The molecule has 0 bridgehead atoms. The molecule has 1 aromatic heterocycles. The molecule has 1 amide bonds. The van der Waals surface area contributed by atoms with Crippen molar-refractivity contribution in [1.82, 2.24) is 9.21 Å². The van der Waals surface area contributed by atoms with E-state index >= 15 is 0 Å².